The molecule has 0 N–H and O–H groups in total. The second-order valence-corrected chi connectivity index (χ2v) is 7.92. The van der Waals surface area contributed by atoms with Crippen LogP contribution in [-0.2, 0) is 6.42 Å². The number of amides is 1. The van der Waals surface area contributed by atoms with Gasteiger partial charge in [-0.2, -0.15) is 0 Å². The molecular formula is C21H23FINO3. The van der Waals surface area contributed by atoms with Gasteiger partial charge in [-0.15, -0.1) is 0 Å². The summed E-state index contributed by atoms with van der Waals surface area (Å²) >= 11 is 2.16. The van der Waals surface area contributed by atoms with Crippen LogP contribution in [0, 0.1) is 15.3 Å². The van der Waals surface area contributed by atoms with Crippen molar-refractivity contribution in [3.63, 3.8) is 0 Å². The number of methoxy groups -OCH3 is 2. The molecule has 1 amide bonds. The van der Waals surface area contributed by atoms with Gasteiger partial charge in [-0.05, 0) is 77.6 Å². The fourth-order valence-electron chi connectivity index (χ4n) is 3.53. The summed E-state index contributed by atoms with van der Waals surface area (Å²) in [6.45, 7) is 1.42. The highest BCUT2D eigenvalue weighted by atomic mass is 127. The number of hydrogen-bond acceptors (Lipinski definition) is 3. The van der Waals surface area contributed by atoms with E-state index in [4.69, 9.17) is 9.47 Å². The molecule has 0 unspecified atom stereocenters. The SMILES string of the molecule is COc1cc(I)c(C(=O)N2CCC(Cc3cccc(F)c3)CC2)cc1OC. The molecule has 0 spiro atoms. The molecule has 1 heterocycles. The third kappa shape index (κ3) is 4.72. The standard InChI is InChI=1S/C21H23FINO3/c1-26-19-12-17(18(23)13-20(19)27-2)21(25)24-8-6-14(7-9-24)10-15-4-3-5-16(22)11-15/h3-5,11-14H,6-10H2,1-2H3. The molecule has 3 rings (SSSR count). The molecule has 2 aromatic carbocycles. The van der Waals surface area contributed by atoms with Crippen molar-refractivity contribution < 1.29 is 18.7 Å². The zero-order valence-electron chi connectivity index (χ0n) is 15.5. The molecule has 6 heteroatoms. The molecule has 0 bridgehead atoms. The molecule has 2 aromatic rings. The van der Waals surface area contributed by atoms with E-state index in [0.717, 1.165) is 28.4 Å². The number of likely N-dealkylation sites (tertiary alicyclic amines) is 1. The Balaban J connectivity index is 1.65. The van der Waals surface area contributed by atoms with Gasteiger partial charge in [-0.1, -0.05) is 12.1 Å². The molecule has 4 nitrogen and oxygen atoms in total. The van der Waals surface area contributed by atoms with E-state index in [1.54, 1.807) is 32.4 Å². The van der Waals surface area contributed by atoms with E-state index < -0.39 is 0 Å². The van der Waals surface area contributed by atoms with Crippen LogP contribution in [-0.4, -0.2) is 38.1 Å². The maximum absolute atomic E-state index is 13.4. The van der Waals surface area contributed by atoms with Gasteiger partial charge in [-0.25, -0.2) is 4.39 Å². The molecule has 27 heavy (non-hydrogen) atoms. The Morgan fingerprint density at radius 2 is 1.81 bits per heavy atom. The molecule has 0 saturated carbocycles. The Labute approximate surface area is 172 Å². The van der Waals surface area contributed by atoms with Crippen molar-refractivity contribution in [1.82, 2.24) is 4.90 Å². The number of benzene rings is 2. The minimum absolute atomic E-state index is 0.0181. The minimum Gasteiger partial charge on any atom is -0.493 e. The predicted octanol–water partition coefficient (Wildman–Crippen LogP) is 4.54. The number of halogens is 2. The lowest BCUT2D eigenvalue weighted by atomic mass is 9.90. The van der Waals surface area contributed by atoms with Gasteiger partial charge in [0, 0.05) is 16.7 Å². The Morgan fingerprint density at radius 3 is 2.44 bits per heavy atom. The molecule has 0 atom stereocenters. The number of nitrogens with zero attached hydrogens (tertiary/aromatic N) is 1. The minimum atomic E-state index is -0.192. The molecule has 1 fully saturated rings. The smallest absolute Gasteiger partial charge is 0.255 e. The first-order valence-electron chi connectivity index (χ1n) is 8.97. The fraction of sp³-hybridized carbons (Fsp3) is 0.381. The summed E-state index contributed by atoms with van der Waals surface area (Å²) in [5, 5.41) is 0. The first-order chi connectivity index (χ1) is 13.0. The van der Waals surface area contributed by atoms with E-state index in [9.17, 15) is 9.18 Å². The van der Waals surface area contributed by atoms with Crippen LogP contribution in [0.4, 0.5) is 4.39 Å². The van der Waals surface area contributed by atoms with Crippen molar-refractivity contribution in [3.8, 4) is 11.5 Å². The Bertz CT molecular complexity index is 819. The number of rotatable bonds is 5. The van der Waals surface area contributed by atoms with Crippen LogP contribution in [0.1, 0.15) is 28.8 Å². The topological polar surface area (TPSA) is 38.8 Å². The van der Waals surface area contributed by atoms with E-state index in [1.165, 1.54) is 6.07 Å². The Hall–Kier alpha value is -1.83. The van der Waals surface area contributed by atoms with E-state index in [0.29, 0.717) is 36.1 Å². The van der Waals surface area contributed by atoms with Crippen molar-refractivity contribution in [2.75, 3.05) is 27.3 Å². The highest BCUT2D eigenvalue weighted by molar-refractivity contribution is 14.1. The Kier molecular flexibility index (Phi) is 6.57. The van der Waals surface area contributed by atoms with Crippen LogP contribution in [0.25, 0.3) is 0 Å². The summed E-state index contributed by atoms with van der Waals surface area (Å²) in [5.74, 6) is 1.47. The van der Waals surface area contributed by atoms with Crippen molar-refractivity contribution in [1.29, 1.82) is 0 Å². The van der Waals surface area contributed by atoms with Crippen LogP contribution in [0.5, 0.6) is 11.5 Å². The van der Waals surface area contributed by atoms with Gasteiger partial charge in [0.2, 0.25) is 0 Å². The first-order valence-corrected chi connectivity index (χ1v) is 10.0. The molecule has 1 saturated heterocycles. The average molecular weight is 483 g/mol. The number of ether oxygens (including phenoxy) is 2. The molecule has 1 aliphatic rings. The number of carbonyl (C=O) groups excluding carboxylic acids is 1. The lowest BCUT2D eigenvalue weighted by molar-refractivity contribution is 0.0689. The van der Waals surface area contributed by atoms with Crippen LogP contribution < -0.4 is 9.47 Å². The summed E-state index contributed by atoms with van der Waals surface area (Å²) < 4.78 is 24.8. The second-order valence-electron chi connectivity index (χ2n) is 6.76. The fourth-order valence-corrected chi connectivity index (χ4v) is 4.20. The van der Waals surface area contributed by atoms with Gasteiger partial charge in [-0.3, -0.25) is 4.79 Å². The molecule has 144 valence electrons. The first kappa shape index (κ1) is 19.9. The van der Waals surface area contributed by atoms with Crippen molar-refractivity contribution in [3.05, 3.63) is 56.9 Å². The predicted molar refractivity (Wildman–Crippen MR) is 111 cm³/mol. The molecule has 0 aliphatic carbocycles. The van der Waals surface area contributed by atoms with Gasteiger partial charge in [0.05, 0.1) is 19.8 Å². The monoisotopic (exact) mass is 483 g/mol. The van der Waals surface area contributed by atoms with Crippen molar-refractivity contribution in [2.45, 2.75) is 19.3 Å². The zero-order valence-corrected chi connectivity index (χ0v) is 17.7. The third-order valence-electron chi connectivity index (χ3n) is 5.02. The summed E-state index contributed by atoms with van der Waals surface area (Å²) in [6, 6.07) is 10.4. The Morgan fingerprint density at radius 1 is 1.15 bits per heavy atom. The number of piperidine rings is 1. The second kappa shape index (κ2) is 8.91. The van der Waals surface area contributed by atoms with Crippen LogP contribution in [0.15, 0.2) is 36.4 Å². The van der Waals surface area contributed by atoms with Gasteiger partial charge in [0.1, 0.15) is 5.82 Å². The van der Waals surface area contributed by atoms with Crippen molar-refractivity contribution in [2.24, 2.45) is 5.92 Å². The summed E-state index contributed by atoms with van der Waals surface area (Å²) in [4.78, 5) is 14.9. The average Bonchev–Trinajstić information content (AvgIpc) is 2.68. The number of hydrogen-bond donors (Lipinski definition) is 0. The lowest BCUT2D eigenvalue weighted by Crippen LogP contribution is -2.39. The van der Waals surface area contributed by atoms with Gasteiger partial charge < -0.3 is 14.4 Å². The third-order valence-corrected chi connectivity index (χ3v) is 5.91. The van der Waals surface area contributed by atoms with E-state index in [2.05, 4.69) is 22.6 Å². The largest absolute Gasteiger partial charge is 0.493 e. The van der Waals surface area contributed by atoms with E-state index >= 15 is 0 Å². The number of carbonyl (C=O) groups is 1. The highest BCUT2D eigenvalue weighted by Gasteiger charge is 2.26. The summed E-state index contributed by atoms with van der Waals surface area (Å²) in [7, 11) is 3.15. The maximum atomic E-state index is 13.4. The van der Waals surface area contributed by atoms with Gasteiger partial charge in [0.15, 0.2) is 11.5 Å². The molecule has 0 radical (unpaired) electrons. The zero-order chi connectivity index (χ0) is 19.4. The molecular weight excluding hydrogens is 460 g/mol. The molecule has 0 aromatic heterocycles. The van der Waals surface area contributed by atoms with Crippen LogP contribution in [0.3, 0.4) is 0 Å². The van der Waals surface area contributed by atoms with Gasteiger partial charge >= 0.3 is 0 Å². The maximum Gasteiger partial charge on any atom is 0.255 e. The lowest BCUT2D eigenvalue weighted by Gasteiger charge is -2.32. The quantitative estimate of drug-likeness (QED) is 0.587. The highest BCUT2D eigenvalue weighted by Crippen LogP contribution is 2.32. The van der Waals surface area contributed by atoms with Crippen LogP contribution in [0.2, 0.25) is 0 Å². The van der Waals surface area contributed by atoms with Crippen LogP contribution >= 0.6 is 22.6 Å². The molecule has 1 aliphatic heterocycles. The van der Waals surface area contributed by atoms with E-state index in [-0.39, 0.29) is 11.7 Å². The van der Waals surface area contributed by atoms with Crippen molar-refractivity contribution >= 4 is 28.5 Å². The summed E-state index contributed by atoms with van der Waals surface area (Å²) in [5.41, 5.74) is 1.66. The normalized spacial score (nSPS) is 14.9. The van der Waals surface area contributed by atoms with Gasteiger partial charge in [0.25, 0.3) is 5.91 Å². The van der Waals surface area contributed by atoms with E-state index in [1.807, 2.05) is 17.0 Å². The summed E-state index contributed by atoms with van der Waals surface area (Å²) in [6.07, 6.45) is 2.70.